The fraction of sp³-hybridized carbons (Fsp3) is 0.158. The third-order valence-electron chi connectivity index (χ3n) is 3.68. The molecule has 4 heteroatoms. The van der Waals surface area contributed by atoms with Gasteiger partial charge in [-0.15, -0.1) is 6.42 Å². The highest BCUT2D eigenvalue weighted by Crippen LogP contribution is 2.21. The van der Waals surface area contributed by atoms with Crippen LogP contribution in [-0.4, -0.2) is 9.55 Å². The van der Waals surface area contributed by atoms with Gasteiger partial charge in [0.1, 0.15) is 5.82 Å². The summed E-state index contributed by atoms with van der Waals surface area (Å²) in [5.74, 6) is 3.34. The predicted octanol–water partition coefficient (Wildman–Crippen LogP) is 4.14. The number of hydrogen-bond donors (Lipinski definition) is 0. The third-order valence-corrected chi connectivity index (χ3v) is 3.93. The molecule has 0 fully saturated rings. The lowest BCUT2D eigenvalue weighted by molar-refractivity contribution is 0.723. The number of hydrogen-bond acceptors (Lipinski definition) is 2. The molecule has 0 aliphatic carbocycles. The van der Waals surface area contributed by atoms with Crippen molar-refractivity contribution >= 4 is 22.5 Å². The molecule has 3 aromatic rings. The van der Waals surface area contributed by atoms with Gasteiger partial charge in [0.2, 0.25) is 0 Å². The summed E-state index contributed by atoms with van der Waals surface area (Å²) >= 11 is 5.95. The summed E-state index contributed by atoms with van der Waals surface area (Å²) in [6.45, 7) is 4.00. The van der Waals surface area contributed by atoms with Gasteiger partial charge in [-0.05, 0) is 36.4 Å². The molecule has 0 aliphatic rings. The molecule has 114 valence electrons. The van der Waals surface area contributed by atoms with Gasteiger partial charge >= 0.3 is 0 Å². The van der Waals surface area contributed by atoms with E-state index in [1.165, 1.54) is 0 Å². The van der Waals surface area contributed by atoms with E-state index in [4.69, 9.17) is 23.0 Å². The van der Waals surface area contributed by atoms with Crippen molar-refractivity contribution in [3.63, 3.8) is 0 Å². The highest BCUT2D eigenvalue weighted by atomic mass is 35.5. The monoisotopic (exact) mass is 322 g/mol. The average Bonchev–Trinajstić information content (AvgIpc) is 2.55. The zero-order valence-corrected chi connectivity index (χ0v) is 13.6. The van der Waals surface area contributed by atoms with Gasteiger partial charge in [0.05, 0.1) is 22.2 Å². The van der Waals surface area contributed by atoms with E-state index in [1.54, 1.807) is 34.9 Å². The molecule has 0 atom stereocenters. The Balaban J connectivity index is 2.44. The molecular weight excluding hydrogens is 308 g/mol. The van der Waals surface area contributed by atoms with Crippen molar-refractivity contribution in [1.82, 2.24) is 9.55 Å². The Kier molecular flexibility index (Phi) is 3.94. The minimum absolute atomic E-state index is 0.0635. The number of halogens is 1. The first-order valence-corrected chi connectivity index (χ1v) is 7.69. The molecule has 1 heterocycles. The Bertz CT molecular complexity index is 979. The molecular formula is C19H15ClN2O. The van der Waals surface area contributed by atoms with Gasteiger partial charge in [-0.1, -0.05) is 37.4 Å². The zero-order valence-electron chi connectivity index (χ0n) is 12.9. The molecule has 0 radical (unpaired) electrons. The van der Waals surface area contributed by atoms with Gasteiger partial charge in [0.25, 0.3) is 5.56 Å². The van der Waals surface area contributed by atoms with E-state index in [2.05, 4.69) is 5.92 Å². The average molecular weight is 323 g/mol. The summed E-state index contributed by atoms with van der Waals surface area (Å²) in [6.07, 6.45) is 5.54. The number of benzene rings is 2. The molecule has 0 amide bonds. The first-order valence-electron chi connectivity index (χ1n) is 7.31. The zero-order chi connectivity index (χ0) is 16.6. The third kappa shape index (κ3) is 2.62. The van der Waals surface area contributed by atoms with Gasteiger partial charge in [-0.25, -0.2) is 4.98 Å². The minimum Gasteiger partial charge on any atom is -0.268 e. The van der Waals surface area contributed by atoms with Gasteiger partial charge in [-0.2, -0.15) is 0 Å². The summed E-state index contributed by atoms with van der Waals surface area (Å²) < 4.78 is 1.63. The Morgan fingerprint density at radius 3 is 2.48 bits per heavy atom. The fourth-order valence-corrected chi connectivity index (χ4v) is 2.70. The Hall–Kier alpha value is -2.57. The fourth-order valence-electron chi connectivity index (χ4n) is 2.57. The lowest BCUT2D eigenvalue weighted by Gasteiger charge is -2.16. The van der Waals surface area contributed by atoms with Crippen LogP contribution < -0.4 is 5.56 Å². The van der Waals surface area contributed by atoms with Gasteiger partial charge < -0.3 is 0 Å². The molecule has 3 rings (SSSR count). The van der Waals surface area contributed by atoms with Crippen molar-refractivity contribution in [3.8, 4) is 18.0 Å². The molecule has 0 N–H and O–H groups in total. The van der Waals surface area contributed by atoms with Crippen LogP contribution in [0, 0.1) is 12.3 Å². The number of terminal acetylenes is 1. The Labute approximate surface area is 139 Å². The number of nitrogens with zero attached hydrogens (tertiary/aromatic N) is 2. The smallest absolute Gasteiger partial charge is 0.266 e. The van der Waals surface area contributed by atoms with E-state index in [0.717, 1.165) is 5.69 Å². The van der Waals surface area contributed by atoms with Crippen molar-refractivity contribution in [2.75, 3.05) is 0 Å². The largest absolute Gasteiger partial charge is 0.268 e. The number of aromatic nitrogens is 2. The Morgan fingerprint density at radius 2 is 1.87 bits per heavy atom. The Morgan fingerprint density at radius 1 is 1.17 bits per heavy atom. The molecule has 0 saturated carbocycles. The van der Waals surface area contributed by atoms with E-state index in [0.29, 0.717) is 27.3 Å². The highest BCUT2D eigenvalue weighted by molar-refractivity contribution is 6.30. The maximum absolute atomic E-state index is 13.0. The molecule has 0 unspecified atom stereocenters. The van der Waals surface area contributed by atoms with Crippen LogP contribution in [0.2, 0.25) is 5.02 Å². The predicted molar refractivity (Wildman–Crippen MR) is 94.4 cm³/mol. The topological polar surface area (TPSA) is 34.9 Å². The summed E-state index contributed by atoms with van der Waals surface area (Å²) in [5, 5.41) is 1.14. The van der Waals surface area contributed by atoms with Crippen LogP contribution in [0.15, 0.2) is 47.3 Å². The second-order valence-corrected chi connectivity index (χ2v) is 6.02. The van der Waals surface area contributed by atoms with Crippen LogP contribution in [0.4, 0.5) is 0 Å². The van der Waals surface area contributed by atoms with Gasteiger partial charge in [0.15, 0.2) is 0 Å². The molecule has 3 nitrogen and oxygen atoms in total. The van der Waals surface area contributed by atoms with Crippen molar-refractivity contribution in [2.24, 2.45) is 0 Å². The van der Waals surface area contributed by atoms with Crippen LogP contribution in [0.5, 0.6) is 0 Å². The van der Waals surface area contributed by atoms with E-state index >= 15 is 0 Å². The molecule has 0 saturated heterocycles. The number of fused-ring (bicyclic) bond motifs is 1. The highest BCUT2D eigenvalue weighted by Gasteiger charge is 2.16. The van der Waals surface area contributed by atoms with Gasteiger partial charge in [-0.3, -0.25) is 9.36 Å². The van der Waals surface area contributed by atoms with Gasteiger partial charge in [0, 0.05) is 10.9 Å². The van der Waals surface area contributed by atoms with E-state index in [-0.39, 0.29) is 11.5 Å². The first-order chi connectivity index (χ1) is 11.0. The van der Waals surface area contributed by atoms with Crippen LogP contribution in [0.1, 0.15) is 31.2 Å². The minimum atomic E-state index is -0.127. The van der Waals surface area contributed by atoms with Crippen molar-refractivity contribution in [2.45, 2.75) is 19.8 Å². The van der Waals surface area contributed by atoms with Crippen LogP contribution in [0.3, 0.4) is 0 Å². The summed E-state index contributed by atoms with van der Waals surface area (Å²) in [7, 11) is 0. The molecule has 2 aromatic carbocycles. The van der Waals surface area contributed by atoms with Crippen molar-refractivity contribution in [3.05, 3.63) is 69.2 Å². The normalized spacial score (nSPS) is 10.9. The SMILES string of the molecule is C#Cc1cccc2c(=O)n(-c3ccc(Cl)cc3)c(C(C)C)nc12. The number of para-hydroxylation sites is 1. The van der Waals surface area contributed by atoms with E-state index in [9.17, 15) is 4.79 Å². The second kappa shape index (κ2) is 5.91. The van der Waals surface area contributed by atoms with Crippen LogP contribution >= 0.6 is 11.6 Å². The van der Waals surface area contributed by atoms with Crippen molar-refractivity contribution in [1.29, 1.82) is 0 Å². The maximum Gasteiger partial charge on any atom is 0.266 e. The lowest BCUT2D eigenvalue weighted by atomic mass is 10.1. The quantitative estimate of drug-likeness (QED) is 0.664. The molecule has 0 bridgehead atoms. The number of rotatable bonds is 2. The summed E-state index contributed by atoms with van der Waals surface area (Å²) in [5.41, 5.74) is 1.82. The first kappa shape index (κ1) is 15.3. The van der Waals surface area contributed by atoms with Crippen LogP contribution in [-0.2, 0) is 0 Å². The van der Waals surface area contributed by atoms with E-state index < -0.39 is 0 Å². The second-order valence-electron chi connectivity index (χ2n) is 5.59. The standard InChI is InChI=1S/C19H15ClN2O/c1-4-13-6-5-7-16-17(13)21-18(12(2)3)22(19(16)23)15-10-8-14(20)9-11-15/h1,5-12H,2-3H3. The lowest BCUT2D eigenvalue weighted by Crippen LogP contribution is -2.25. The van der Waals surface area contributed by atoms with Crippen LogP contribution in [0.25, 0.3) is 16.6 Å². The molecule has 0 aliphatic heterocycles. The molecule has 1 aromatic heterocycles. The maximum atomic E-state index is 13.0. The van der Waals surface area contributed by atoms with E-state index in [1.807, 2.05) is 26.0 Å². The van der Waals surface area contributed by atoms with Crippen molar-refractivity contribution < 1.29 is 0 Å². The summed E-state index contributed by atoms with van der Waals surface area (Å²) in [4.78, 5) is 17.7. The summed E-state index contributed by atoms with van der Waals surface area (Å²) in [6, 6.07) is 12.5. The molecule has 23 heavy (non-hydrogen) atoms. The molecule has 0 spiro atoms.